The number of rotatable bonds is 6. The van der Waals surface area contributed by atoms with Gasteiger partial charge in [-0.15, -0.1) is 0 Å². The lowest BCUT2D eigenvalue weighted by Gasteiger charge is -2.24. The average molecular weight is 362 g/mol. The number of nitrogens with one attached hydrogen (secondary N) is 1. The molecule has 1 N–H and O–H groups in total. The van der Waals surface area contributed by atoms with Crippen molar-refractivity contribution in [3.8, 4) is 11.5 Å². The maximum Gasteiger partial charge on any atom is 0.326 e. The van der Waals surface area contributed by atoms with Crippen molar-refractivity contribution in [3.05, 3.63) is 84.4 Å². The number of methoxy groups -OCH3 is 2. The molecule has 0 aliphatic heterocycles. The van der Waals surface area contributed by atoms with E-state index >= 15 is 0 Å². The van der Waals surface area contributed by atoms with Gasteiger partial charge in [-0.2, -0.15) is 0 Å². The Balaban J connectivity index is 1.92. The minimum Gasteiger partial charge on any atom is -0.494 e. The summed E-state index contributed by atoms with van der Waals surface area (Å²) >= 11 is 0. The van der Waals surface area contributed by atoms with E-state index < -0.39 is 0 Å². The van der Waals surface area contributed by atoms with Crippen molar-refractivity contribution in [2.24, 2.45) is 0 Å². The van der Waals surface area contributed by atoms with Crippen LogP contribution in [-0.2, 0) is 6.54 Å². The van der Waals surface area contributed by atoms with Crippen molar-refractivity contribution in [2.45, 2.75) is 6.54 Å². The molecule has 27 heavy (non-hydrogen) atoms. The van der Waals surface area contributed by atoms with Crippen molar-refractivity contribution >= 4 is 17.4 Å². The lowest BCUT2D eigenvalue weighted by atomic mass is 10.2. The van der Waals surface area contributed by atoms with E-state index in [9.17, 15) is 4.79 Å². The van der Waals surface area contributed by atoms with E-state index in [0.717, 1.165) is 11.3 Å². The molecule has 0 aromatic heterocycles. The van der Waals surface area contributed by atoms with E-state index in [4.69, 9.17) is 9.47 Å². The number of anilines is 2. The molecule has 0 atom stereocenters. The van der Waals surface area contributed by atoms with E-state index in [-0.39, 0.29) is 6.03 Å². The second kappa shape index (κ2) is 8.76. The van der Waals surface area contributed by atoms with Crippen LogP contribution >= 0.6 is 0 Å². The lowest BCUT2D eigenvalue weighted by Crippen LogP contribution is -2.34. The molecule has 3 rings (SSSR count). The highest BCUT2D eigenvalue weighted by Gasteiger charge is 2.20. The maximum atomic E-state index is 13.2. The molecule has 0 spiro atoms. The summed E-state index contributed by atoms with van der Waals surface area (Å²) in [5.74, 6) is 1.07. The predicted octanol–water partition coefficient (Wildman–Crippen LogP) is 4.94. The molecule has 0 heterocycles. The number of carbonyl (C=O) groups is 1. The lowest BCUT2D eigenvalue weighted by molar-refractivity contribution is 0.256. The van der Waals surface area contributed by atoms with E-state index in [0.29, 0.717) is 23.7 Å². The summed E-state index contributed by atoms with van der Waals surface area (Å²) in [5.41, 5.74) is 2.33. The molecule has 0 saturated heterocycles. The second-order valence-electron chi connectivity index (χ2n) is 5.87. The highest BCUT2D eigenvalue weighted by molar-refractivity contribution is 6.03. The Kier molecular flexibility index (Phi) is 5.94. The Morgan fingerprint density at radius 3 is 1.93 bits per heavy atom. The van der Waals surface area contributed by atoms with Crippen LogP contribution in [0.15, 0.2) is 78.9 Å². The van der Waals surface area contributed by atoms with Gasteiger partial charge < -0.3 is 14.8 Å². The van der Waals surface area contributed by atoms with Crippen LogP contribution in [0.4, 0.5) is 16.2 Å². The molecule has 0 fully saturated rings. The number of ether oxygens (including phenoxy) is 2. The number of hydrogen-bond donors (Lipinski definition) is 1. The first kappa shape index (κ1) is 18.3. The third kappa shape index (κ3) is 4.39. The van der Waals surface area contributed by atoms with Crippen molar-refractivity contribution < 1.29 is 14.3 Å². The van der Waals surface area contributed by atoms with Gasteiger partial charge in [0, 0.05) is 5.69 Å². The van der Waals surface area contributed by atoms with Gasteiger partial charge in [0.05, 0.1) is 20.8 Å². The highest BCUT2D eigenvalue weighted by Crippen LogP contribution is 2.34. The molecule has 3 aromatic carbocycles. The van der Waals surface area contributed by atoms with Crippen LogP contribution in [-0.4, -0.2) is 20.3 Å². The molecule has 0 saturated carbocycles. The van der Waals surface area contributed by atoms with Crippen LogP contribution in [0.25, 0.3) is 0 Å². The van der Waals surface area contributed by atoms with Gasteiger partial charge in [0.15, 0.2) is 0 Å². The minimum atomic E-state index is -0.271. The number of hydrogen-bond acceptors (Lipinski definition) is 3. The van der Waals surface area contributed by atoms with Crippen LogP contribution < -0.4 is 19.7 Å². The van der Waals surface area contributed by atoms with E-state index in [1.54, 1.807) is 31.3 Å². The van der Waals surface area contributed by atoms with Gasteiger partial charge in [0.1, 0.15) is 17.2 Å². The monoisotopic (exact) mass is 362 g/mol. The van der Waals surface area contributed by atoms with Gasteiger partial charge in [0.25, 0.3) is 0 Å². The van der Waals surface area contributed by atoms with Gasteiger partial charge in [-0.25, -0.2) is 4.79 Å². The summed E-state index contributed by atoms with van der Waals surface area (Å²) < 4.78 is 10.8. The smallest absolute Gasteiger partial charge is 0.326 e. The summed E-state index contributed by atoms with van der Waals surface area (Å²) in [6.07, 6.45) is 0. The van der Waals surface area contributed by atoms with E-state index in [1.807, 2.05) is 66.7 Å². The third-order valence-electron chi connectivity index (χ3n) is 4.16. The second-order valence-corrected chi connectivity index (χ2v) is 5.87. The molecule has 138 valence electrons. The SMILES string of the molecule is COc1cccc(OC)c1NC(=O)N(Cc1ccccc1)c1ccccc1. The largest absolute Gasteiger partial charge is 0.494 e. The Labute approximate surface area is 159 Å². The van der Waals surface area contributed by atoms with Crippen LogP contribution in [0.5, 0.6) is 11.5 Å². The molecular weight excluding hydrogens is 340 g/mol. The summed E-state index contributed by atoms with van der Waals surface area (Å²) in [7, 11) is 3.12. The molecule has 0 aliphatic carbocycles. The van der Waals surface area contributed by atoms with Gasteiger partial charge >= 0.3 is 6.03 Å². The van der Waals surface area contributed by atoms with E-state index in [2.05, 4.69) is 5.32 Å². The van der Waals surface area contributed by atoms with Gasteiger partial charge in [-0.1, -0.05) is 54.6 Å². The Bertz CT molecular complexity index is 860. The van der Waals surface area contributed by atoms with Crippen molar-refractivity contribution in [2.75, 3.05) is 24.4 Å². The zero-order valence-electron chi connectivity index (χ0n) is 15.4. The normalized spacial score (nSPS) is 10.1. The molecule has 5 heteroatoms. The molecule has 3 aromatic rings. The van der Waals surface area contributed by atoms with Gasteiger partial charge in [-0.3, -0.25) is 4.90 Å². The fourth-order valence-electron chi connectivity index (χ4n) is 2.80. The molecule has 0 bridgehead atoms. The average Bonchev–Trinajstić information content (AvgIpc) is 2.73. The molecule has 2 amide bonds. The Morgan fingerprint density at radius 1 is 0.815 bits per heavy atom. The molecule has 0 unspecified atom stereocenters. The van der Waals surface area contributed by atoms with Crippen molar-refractivity contribution in [1.29, 1.82) is 0 Å². The number of nitrogens with zero attached hydrogens (tertiary/aromatic N) is 1. The molecule has 0 aliphatic rings. The first-order valence-corrected chi connectivity index (χ1v) is 8.61. The fraction of sp³-hybridized carbons (Fsp3) is 0.136. The summed E-state index contributed by atoms with van der Waals surface area (Å²) in [6, 6.07) is 24.5. The van der Waals surface area contributed by atoms with Crippen molar-refractivity contribution in [1.82, 2.24) is 0 Å². The quantitative estimate of drug-likeness (QED) is 0.675. The third-order valence-corrected chi connectivity index (χ3v) is 4.16. The van der Waals surface area contributed by atoms with Crippen LogP contribution in [0.3, 0.4) is 0 Å². The predicted molar refractivity (Wildman–Crippen MR) is 108 cm³/mol. The first-order chi connectivity index (χ1) is 13.2. The number of benzene rings is 3. The molecular formula is C22H22N2O3. The fourth-order valence-corrected chi connectivity index (χ4v) is 2.80. The topological polar surface area (TPSA) is 50.8 Å². The summed E-state index contributed by atoms with van der Waals surface area (Å²) in [6.45, 7) is 0.439. The van der Waals surface area contributed by atoms with Crippen LogP contribution in [0, 0.1) is 0 Å². The Hall–Kier alpha value is -3.47. The number of amides is 2. The summed E-state index contributed by atoms with van der Waals surface area (Å²) in [5, 5.41) is 2.94. The van der Waals surface area contributed by atoms with Crippen LogP contribution in [0.2, 0.25) is 0 Å². The van der Waals surface area contributed by atoms with Crippen molar-refractivity contribution in [3.63, 3.8) is 0 Å². The Morgan fingerprint density at radius 2 is 1.37 bits per heavy atom. The summed E-state index contributed by atoms with van der Waals surface area (Å²) in [4.78, 5) is 14.8. The van der Waals surface area contributed by atoms with E-state index in [1.165, 1.54) is 0 Å². The maximum absolute atomic E-state index is 13.2. The molecule has 0 radical (unpaired) electrons. The number of para-hydroxylation sites is 2. The zero-order valence-corrected chi connectivity index (χ0v) is 15.4. The number of urea groups is 1. The number of carbonyl (C=O) groups excluding carboxylic acids is 1. The van der Waals surface area contributed by atoms with Gasteiger partial charge in [0.2, 0.25) is 0 Å². The van der Waals surface area contributed by atoms with Crippen LogP contribution in [0.1, 0.15) is 5.56 Å². The molecule has 5 nitrogen and oxygen atoms in total. The zero-order chi connectivity index (χ0) is 19.1. The van der Waals surface area contributed by atoms with Gasteiger partial charge in [-0.05, 0) is 29.8 Å². The highest BCUT2D eigenvalue weighted by atomic mass is 16.5. The standard InChI is InChI=1S/C22H22N2O3/c1-26-19-14-9-15-20(27-2)21(19)23-22(25)24(18-12-7-4-8-13-18)16-17-10-5-3-6-11-17/h3-15H,16H2,1-2H3,(H,23,25). The first-order valence-electron chi connectivity index (χ1n) is 8.61. The minimum absolute atomic E-state index is 0.271.